The number of nitrogens with zero attached hydrogens (tertiary/aromatic N) is 1. The summed E-state index contributed by atoms with van der Waals surface area (Å²) in [7, 11) is 0. The lowest BCUT2D eigenvalue weighted by molar-refractivity contribution is -0.0359. The van der Waals surface area contributed by atoms with Crippen LogP contribution in [0.5, 0.6) is 0 Å². The number of hydrogen-bond acceptors (Lipinski definition) is 3. The fourth-order valence-corrected chi connectivity index (χ4v) is 5.05. The maximum absolute atomic E-state index is 5.81. The van der Waals surface area contributed by atoms with Crippen LogP contribution in [0.3, 0.4) is 0 Å². The van der Waals surface area contributed by atoms with Gasteiger partial charge in [-0.1, -0.05) is 5.16 Å². The van der Waals surface area contributed by atoms with Crippen LogP contribution in [0.15, 0.2) is 10.7 Å². The summed E-state index contributed by atoms with van der Waals surface area (Å²) >= 11 is 0. The molecule has 5 rings (SSSR count). The Morgan fingerprint density at radius 3 is 2.29 bits per heavy atom. The highest BCUT2D eigenvalue weighted by molar-refractivity contribution is 5.33. The van der Waals surface area contributed by atoms with Gasteiger partial charge in [0.15, 0.2) is 0 Å². The number of hydrogen-bond donors (Lipinski definition) is 1. The zero-order valence-corrected chi connectivity index (χ0v) is 10.1. The fraction of sp³-hybridized carbons (Fsp3) is 0.786. The van der Waals surface area contributed by atoms with Gasteiger partial charge in [-0.15, -0.1) is 0 Å². The third-order valence-electron chi connectivity index (χ3n) is 5.55. The normalized spacial score (nSPS) is 43.2. The lowest BCUT2D eigenvalue weighted by Gasteiger charge is -2.54. The Kier molecular flexibility index (Phi) is 2.06. The van der Waals surface area contributed by atoms with Crippen LogP contribution < -0.4 is 5.73 Å². The average molecular weight is 232 g/mol. The highest BCUT2D eigenvalue weighted by Crippen LogP contribution is 2.57. The van der Waals surface area contributed by atoms with E-state index in [4.69, 9.17) is 10.3 Å². The molecule has 1 aromatic heterocycles. The van der Waals surface area contributed by atoms with Gasteiger partial charge in [0, 0.05) is 5.56 Å². The Hall–Kier alpha value is -0.990. The number of anilines is 1. The van der Waals surface area contributed by atoms with E-state index in [0.717, 1.165) is 41.6 Å². The van der Waals surface area contributed by atoms with E-state index in [2.05, 4.69) is 5.16 Å². The van der Waals surface area contributed by atoms with E-state index in [-0.39, 0.29) is 0 Å². The predicted molar refractivity (Wildman–Crippen MR) is 65.2 cm³/mol. The lowest BCUT2D eigenvalue weighted by Crippen LogP contribution is -2.45. The van der Waals surface area contributed by atoms with E-state index in [1.54, 1.807) is 0 Å². The van der Waals surface area contributed by atoms with Gasteiger partial charge >= 0.3 is 0 Å². The van der Waals surface area contributed by atoms with Gasteiger partial charge in [0.05, 0.1) is 6.20 Å². The smallest absolute Gasteiger partial charge is 0.225 e. The molecule has 0 spiro atoms. The van der Waals surface area contributed by atoms with Crippen LogP contribution in [-0.2, 0) is 6.42 Å². The van der Waals surface area contributed by atoms with Crippen LogP contribution in [0, 0.1) is 29.6 Å². The summed E-state index contributed by atoms with van der Waals surface area (Å²) in [5.74, 6) is 5.41. The van der Waals surface area contributed by atoms with Gasteiger partial charge in [0.25, 0.3) is 0 Å². The van der Waals surface area contributed by atoms with Crippen LogP contribution in [0.4, 0.5) is 5.88 Å². The first-order chi connectivity index (χ1) is 8.29. The highest BCUT2D eigenvalue weighted by atomic mass is 16.5. The van der Waals surface area contributed by atoms with Gasteiger partial charge in [-0.25, -0.2) is 0 Å². The molecule has 0 aromatic carbocycles. The van der Waals surface area contributed by atoms with Crippen molar-refractivity contribution >= 4 is 5.88 Å². The van der Waals surface area contributed by atoms with Crippen LogP contribution in [0.2, 0.25) is 0 Å². The summed E-state index contributed by atoms with van der Waals surface area (Å²) in [5, 5.41) is 3.80. The van der Waals surface area contributed by atoms with Crippen molar-refractivity contribution in [1.29, 1.82) is 0 Å². The van der Waals surface area contributed by atoms with Gasteiger partial charge in [-0.05, 0) is 68.1 Å². The minimum atomic E-state index is 0.541. The van der Waals surface area contributed by atoms with Crippen molar-refractivity contribution in [3.8, 4) is 0 Å². The molecule has 1 heterocycles. The van der Waals surface area contributed by atoms with Crippen molar-refractivity contribution in [1.82, 2.24) is 5.16 Å². The Bertz CT molecular complexity index is 398. The molecule has 1 aromatic rings. The molecular formula is C14H20N2O. The molecule has 3 nitrogen and oxygen atoms in total. The van der Waals surface area contributed by atoms with Gasteiger partial charge in [-0.3, -0.25) is 0 Å². The third-order valence-corrected chi connectivity index (χ3v) is 5.55. The maximum atomic E-state index is 5.81. The van der Waals surface area contributed by atoms with E-state index >= 15 is 0 Å². The summed E-state index contributed by atoms with van der Waals surface area (Å²) < 4.78 is 4.99. The quantitative estimate of drug-likeness (QED) is 0.853. The molecule has 4 aliphatic rings. The van der Waals surface area contributed by atoms with Crippen molar-refractivity contribution in [3.63, 3.8) is 0 Å². The molecule has 92 valence electrons. The zero-order valence-electron chi connectivity index (χ0n) is 10.1. The molecule has 4 fully saturated rings. The SMILES string of the molecule is Nc1oncc1CC1C2CC3CC(C2)CC1C3. The predicted octanol–water partition coefficient (Wildman–Crippen LogP) is 2.87. The molecule has 3 heteroatoms. The second-order valence-electron chi connectivity index (χ2n) is 6.51. The molecule has 0 aliphatic heterocycles. The van der Waals surface area contributed by atoms with E-state index in [1.165, 1.54) is 32.1 Å². The van der Waals surface area contributed by atoms with Crippen molar-refractivity contribution in [3.05, 3.63) is 11.8 Å². The molecule has 4 aliphatic carbocycles. The largest absolute Gasteiger partial charge is 0.367 e. The second-order valence-corrected chi connectivity index (χ2v) is 6.51. The number of nitrogens with two attached hydrogens (primary N) is 1. The van der Waals surface area contributed by atoms with Gasteiger partial charge < -0.3 is 10.3 Å². The summed E-state index contributed by atoms with van der Waals surface area (Å²) in [4.78, 5) is 0. The summed E-state index contributed by atoms with van der Waals surface area (Å²) in [6, 6.07) is 0. The molecule has 17 heavy (non-hydrogen) atoms. The van der Waals surface area contributed by atoms with Crippen LogP contribution in [-0.4, -0.2) is 5.16 Å². The molecule has 0 saturated heterocycles. The Morgan fingerprint density at radius 1 is 1.12 bits per heavy atom. The minimum Gasteiger partial charge on any atom is -0.367 e. The topological polar surface area (TPSA) is 52.0 Å². The Labute approximate surface area is 102 Å². The average Bonchev–Trinajstić information content (AvgIpc) is 2.68. The van der Waals surface area contributed by atoms with Crippen LogP contribution in [0.1, 0.15) is 37.7 Å². The molecular weight excluding hydrogens is 212 g/mol. The van der Waals surface area contributed by atoms with E-state index in [0.29, 0.717) is 5.88 Å². The highest BCUT2D eigenvalue weighted by Gasteiger charge is 2.48. The zero-order chi connectivity index (χ0) is 11.4. The Balaban J connectivity index is 1.57. The first-order valence-corrected chi connectivity index (χ1v) is 6.98. The van der Waals surface area contributed by atoms with Crippen molar-refractivity contribution in [2.75, 3.05) is 5.73 Å². The van der Waals surface area contributed by atoms with Gasteiger partial charge in [0.1, 0.15) is 0 Å². The number of aromatic nitrogens is 1. The van der Waals surface area contributed by atoms with E-state index in [9.17, 15) is 0 Å². The number of rotatable bonds is 2. The molecule has 4 saturated carbocycles. The van der Waals surface area contributed by atoms with Crippen molar-refractivity contribution in [2.45, 2.75) is 38.5 Å². The van der Waals surface area contributed by atoms with Gasteiger partial charge in [0.2, 0.25) is 5.88 Å². The molecule has 0 unspecified atom stereocenters. The fourth-order valence-electron chi connectivity index (χ4n) is 5.05. The lowest BCUT2D eigenvalue weighted by atomic mass is 9.51. The summed E-state index contributed by atoms with van der Waals surface area (Å²) in [5.41, 5.74) is 6.96. The summed E-state index contributed by atoms with van der Waals surface area (Å²) in [6.07, 6.45) is 10.3. The van der Waals surface area contributed by atoms with E-state index in [1.807, 2.05) is 6.20 Å². The van der Waals surface area contributed by atoms with Crippen LogP contribution >= 0.6 is 0 Å². The second kappa shape index (κ2) is 3.50. The maximum Gasteiger partial charge on any atom is 0.225 e. The molecule has 2 N–H and O–H groups in total. The molecule has 0 atom stereocenters. The molecule has 0 amide bonds. The first-order valence-electron chi connectivity index (χ1n) is 6.98. The first kappa shape index (κ1) is 9.98. The summed E-state index contributed by atoms with van der Waals surface area (Å²) in [6.45, 7) is 0. The third kappa shape index (κ3) is 1.51. The molecule has 4 bridgehead atoms. The van der Waals surface area contributed by atoms with Crippen molar-refractivity contribution in [2.24, 2.45) is 29.6 Å². The minimum absolute atomic E-state index is 0.541. The molecule has 0 radical (unpaired) electrons. The van der Waals surface area contributed by atoms with Crippen molar-refractivity contribution < 1.29 is 4.52 Å². The monoisotopic (exact) mass is 232 g/mol. The van der Waals surface area contributed by atoms with E-state index < -0.39 is 0 Å². The standard InChI is InChI=1S/C14H20N2O/c15-14-12(7-16-17-14)6-13-10-2-8-1-9(4-10)5-11(13)3-8/h7-11,13H,1-6,15H2. The Morgan fingerprint density at radius 2 is 1.76 bits per heavy atom. The van der Waals surface area contributed by atoms with Crippen LogP contribution in [0.25, 0.3) is 0 Å². The van der Waals surface area contributed by atoms with Gasteiger partial charge in [-0.2, -0.15) is 0 Å². The number of nitrogen functional groups attached to an aromatic ring is 1.